The minimum absolute atomic E-state index is 0.758. The van der Waals surface area contributed by atoms with Crippen molar-refractivity contribution in [3.05, 3.63) is 58.6 Å². The average molecular weight is 261 g/mol. The van der Waals surface area contributed by atoms with E-state index in [0.29, 0.717) is 0 Å². The summed E-state index contributed by atoms with van der Waals surface area (Å²) in [5, 5.41) is 7.27. The number of benzene rings is 2. The molecule has 0 aromatic heterocycles. The molecule has 0 spiro atoms. The molecule has 0 aliphatic rings. The molecule has 18 heavy (non-hydrogen) atoms. The monoisotopic (exact) mass is 260 g/mol. The molecule has 0 bridgehead atoms. The van der Waals surface area contributed by atoms with Gasteiger partial charge in [-0.15, -0.1) is 0 Å². The van der Waals surface area contributed by atoms with Gasteiger partial charge in [-0.1, -0.05) is 29.8 Å². The molecule has 0 aliphatic carbocycles. The molecule has 0 unspecified atom stereocenters. The second-order valence-corrected chi connectivity index (χ2v) is 4.70. The summed E-state index contributed by atoms with van der Waals surface area (Å²) in [4.78, 5) is 0. The fraction of sp³-hybridized carbons (Fsp3) is 0.200. The van der Waals surface area contributed by atoms with E-state index in [1.807, 2.05) is 25.2 Å². The van der Waals surface area contributed by atoms with Crippen LogP contribution in [-0.4, -0.2) is 7.05 Å². The van der Waals surface area contributed by atoms with Gasteiger partial charge in [-0.3, -0.25) is 0 Å². The zero-order chi connectivity index (χ0) is 13.0. The van der Waals surface area contributed by atoms with E-state index >= 15 is 0 Å². The molecular weight excluding hydrogens is 244 g/mol. The number of aryl methyl sites for hydroxylation is 1. The van der Waals surface area contributed by atoms with Crippen LogP contribution in [0, 0.1) is 6.92 Å². The Morgan fingerprint density at radius 1 is 1.06 bits per heavy atom. The Balaban J connectivity index is 2.04. The highest BCUT2D eigenvalue weighted by Gasteiger charge is 1.99. The number of halogens is 1. The molecule has 0 amide bonds. The summed E-state index contributed by atoms with van der Waals surface area (Å²) in [6.07, 6.45) is 0. The van der Waals surface area contributed by atoms with Gasteiger partial charge < -0.3 is 10.6 Å². The van der Waals surface area contributed by atoms with Crippen LogP contribution >= 0.6 is 11.6 Å². The Bertz CT molecular complexity index is 521. The van der Waals surface area contributed by atoms with E-state index in [4.69, 9.17) is 11.6 Å². The zero-order valence-electron chi connectivity index (χ0n) is 10.6. The van der Waals surface area contributed by atoms with Crippen molar-refractivity contribution in [3.8, 4) is 0 Å². The summed E-state index contributed by atoms with van der Waals surface area (Å²) in [5.74, 6) is 0. The van der Waals surface area contributed by atoms with E-state index in [0.717, 1.165) is 22.9 Å². The maximum absolute atomic E-state index is 5.99. The smallest absolute Gasteiger partial charge is 0.0426 e. The maximum Gasteiger partial charge on any atom is 0.0426 e. The summed E-state index contributed by atoms with van der Waals surface area (Å²) in [7, 11) is 1.92. The number of anilines is 2. The van der Waals surface area contributed by atoms with E-state index in [1.165, 1.54) is 11.1 Å². The fourth-order valence-corrected chi connectivity index (χ4v) is 1.94. The van der Waals surface area contributed by atoms with Crippen LogP contribution in [0.2, 0.25) is 5.02 Å². The molecule has 2 rings (SSSR count). The lowest BCUT2D eigenvalue weighted by molar-refractivity contribution is 1.14. The Hall–Kier alpha value is -1.67. The van der Waals surface area contributed by atoms with Gasteiger partial charge in [-0.2, -0.15) is 0 Å². The van der Waals surface area contributed by atoms with E-state index < -0.39 is 0 Å². The molecule has 0 radical (unpaired) electrons. The van der Waals surface area contributed by atoms with E-state index in [9.17, 15) is 0 Å². The third-order valence-corrected chi connectivity index (χ3v) is 3.16. The molecule has 0 saturated carbocycles. The number of hydrogen-bond acceptors (Lipinski definition) is 2. The summed E-state index contributed by atoms with van der Waals surface area (Å²) in [6, 6.07) is 14.2. The van der Waals surface area contributed by atoms with Gasteiger partial charge in [0.2, 0.25) is 0 Å². The Kier molecular flexibility index (Phi) is 4.11. The van der Waals surface area contributed by atoms with Gasteiger partial charge in [0, 0.05) is 30.0 Å². The van der Waals surface area contributed by atoms with Crippen LogP contribution in [0.25, 0.3) is 0 Å². The van der Waals surface area contributed by atoms with Gasteiger partial charge in [0.25, 0.3) is 0 Å². The minimum atomic E-state index is 0.758. The molecule has 0 saturated heterocycles. The van der Waals surface area contributed by atoms with Crippen LogP contribution in [0.5, 0.6) is 0 Å². The quantitative estimate of drug-likeness (QED) is 0.856. The van der Waals surface area contributed by atoms with Crippen LogP contribution in [0.15, 0.2) is 42.5 Å². The molecule has 2 aromatic carbocycles. The van der Waals surface area contributed by atoms with Crippen LogP contribution in [0.1, 0.15) is 11.1 Å². The van der Waals surface area contributed by atoms with Crippen LogP contribution in [0.4, 0.5) is 11.4 Å². The van der Waals surface area contributed by atoms with E-state index in [2.05, 4.69) is 41.8 Å². The Labute approximate surface area is 113 Å². The second kappa shape index (κ2) is 5.78. The van der Waals surface area contributed by atoms with Gasteiger partial charge in [-0.05, 0) is 42.3 Å². The lowest BCUT2D eigenvalue weighted by atomic mass is 10.1. The van der Waals surface area contributed by atoms with Crippen molar-refractivity contribution in [1.82, 2.24) is 0 Å². The van der Waals surface area contributed by atoms with Crippen molar-refractivity contribution in [1.29, 1.82) is 0 Å². The van der Waals surface area contributed by atoms with Gasteiger partial charge >= 0.3 is 0 Å². The van der Waals surface area contributed by atoms with Crippen LogP contribution < -0.4 is 10.6 Å². The molecule has 3 heteroatoms. The normalized spacial score (nSPS) is 10.2. The maximum atomic E-state index is 5.99. The summed E-state index contributed by atoms with van der Waals surface area (Å²) in [5.41, 5.74) is 4.65. The van der Waals surface area contributed by atoms with Gasteiger partial charge in [0.1, 0.15) is 0 Å². The van der Waals surface area contributed by atoms with Crippen molar-refractivity contribution >= 4 is 23.0 Å². The SMILES string of the molecule is CNc1ccc(CNc2cc(Cl)ccc2C)cc1. The highest BCUT2D eigenvalue weighted by atomic mass is 35.5. The zero-order valence-corrected chi connectivity index (χ0v) is 11.4. The van der Waals surface area contributed by atoms with Crippen molar-refractivity contribution < 1.29 is 0 Å². The first-order valence-corrected chi connectivity index (χ1v) is 6.33. The number of rotatable bonds is 4. The predicted molar refractivity (Wildman–Crippen MR) is 79.5 cm³/mol. The van der Waals surface area contributed by atoms with Gasteiger partial charge in [-0.25, -0.2) is 0 Å². The summed E-state index contributed by atoms with van der Waals surface area (Å²) >= 11 is 5.99. The first-order valence-electron chi connectivity index (χ1n) is 5.96. The molecule has 2 aromatic rings. The molecule has 94 valence electrons. The first-order chi connectivity index (χ1) is 8.69. The number of hydrogen-bond donors (Lipinski definition) is 2. The lowest BCUT2D eigenvalue weighted by Gasteiger charge is -2.10. The Morgan fingerprint density at radius 3 is 2.44 bits per heavy atom. The largest absolute Gasteiger partial charge is 0.388 e. The predicted octanol–water partition coefficient (Wildman–Crippen LogP) is 4.30. The third kappa shape index (κ3) is 3.17. The minimum Gasteiger partial charge on any atom is -0.388 e. The van der Waals surface area contributed by atoms with E-state index in [-0.39, 0.29) is 0 Å². The van der Waals surface area contributed by atoms with E-state index in [1.54, 1.807) is 0 Å². The fourth-order valence-electron chi connectivity index (χ4n) is 1.77. The number of nitrogens with one attached hydrogen (secondary N) is 2. The standard InChI is InChI=1S/C15H17ClN2/c1-11-3-6-13(16)9-15(11)18-10-12-4-7-14(17-2)8-5-12/h3-9,17-18H,10H2,1-2H3. The van der Waals surface area contributed by atoms with Crippen LogP contribution in [-0.2, 0) is 6.54 Å². The molecule has 0 aliphatic heterocycles. The van der Waals surface area contributed by atoms with Gasteiger partial charge in [0.05, 0.1) is 0 Å². The molecule has 2 N–H and O–H groups in total. The Morgan fingerprint density at radius 2 is 1.78 bits per heavy atom. The third-order valence-electron chi connectivity index (χ3n) is 2.93. The first kappa shape index (κ1) is 12.8. The van der Waals surface area contributed by atoms with Crippen LogP contribution in [0.3, 0.4) is 0 Å². The molecule has 2 nitrogen and oxygen atoms in total. The van der Waals surface area contributed by atoms with Crippen molar-refractivity contribution in [2.45, 2.75) is 13.5 Å². The molecular formula is C15H17ClN2. The highest BCUT2D eigenvalue weighted by molar-refractivity contribution is 6.30. The summed E-state index contributed by atoms with van der Waals surface area (Å²) < 4.78 is 0. The topological polar surface area (TPSA) is 24.1 Å². The average Bonchev–Trinajstić information content (AvgIpc) is 2.40. The van der Waals surface area contributed by atoms with Crippen molar-refractivity contribution in [2.24, 2.45) is 0 Å². The molecule has 0 atom stereocenters. The second-order valence-electron chi connectivity index (χ2n) is 4.26. The van der Waals surface area contributed by atoms with Crippen molar-refractivity contribution in [3.63, 3.8) is 0 Å². The lowest BCUT2D eigenvalue weighted by Crippen LogP contribution is -2.01. The van der Waals surface area contributed by atoms with Gasteiger partial charge in [0.15, 0.2) is 0 Å². The molecule has 0 heterocycles. The highest BCUT2D eigenvalue weighted by Crippen LogP contribution is 2.21. The summed E-state index contributed by atoms with van der Waals surface area (Å²) in [6.45, 7) is 2.87. The van der Waals surface area contributed by atoms with Crippen molar-refractivity contribution in [2.75, 3.05) is 17.7 Å². The molecule has 0 fully saturated rings.